The van der Waals surface area contributed by atoms with E-state index in [-0.39, 0.29) is 0 Å². The molecule has 3 rings (SSSR count). The van der Waals surface area contributed by atoms with Gasteiger partial charge < -0.3 is 11.5 Å². The van der Waals surface area contributed by atoms with Gasteiger partial charge in [0.2, 0.25) is 0 Å². The highest BCUT2D eigenvalue weighted by Crippen LogP contribution is 2.18. The van der Waals surface area contributed by atoms with Crippen LogP contribution in [-0.4, -0.2) is 16.2 Å². The van der Waals surface area contributed by atoms with Gasteiger partial charge in [0, 0.05) is 35.4 Å². The van der Waals surface area contributed by atoms with Gasteiger partial charge in [0.05, 0.1) is 17.6 Å². The van der Waals surface area contributed by atoms with Crippen molar-refractivity contribution in [2.24, 2.45) is 10.7 Å². The smallest absolute Gasteiger partial charge is 0.129 e. The molecule has 0 fully saturated rings. The molecule has 0 unspecified atom stereocenters. The molecule has 6 heteroatoms. The summed E-state index contributed by atoms with van der Waals surface area (Å²) in [4.78, 5) is 13.1. The lowest BCUT2D eigenvalue weighted by Gasteiger charge is -2.04. The number of nitrogens with zero attached hydrogens (tertiary/aromatic N) is 3. The molecular weight excluding hydrogens is 322 g/mol. The van der Waals surface area contributed by atoms with Crippen LogP contribution < -0.4 is 11.5 Å². The summed E-state index contributed by atoms with van der Waals surface area (Å²) < 4.78 is 0. The fraction of sp³-hybridized carbons (Fsp3) is 0.0556. The van der Waals surface area contributed by atoms with Crippen LogP contribution in [-0.2, 0) is 6.54 Å². The Hall–Kier alpha value is -2.92. The zero-order valence-electron chi connectivity index (χ0n) is 12.9. The van der Waals surface area contributed by atoms with E-state index in [0.717, 1.165) is 27.9 Å². The van der Waals surface area contributed by atoms with Crippen molar-refractivity contribution < 1.29 is 0 Å². The zero-order valence-corrected chi connectivity index (χ0v) is 13.6. The van der Waals surface area contributed by atoms with E-state index in [2.05, 4.69) is 15.0 Å². The third-order valence-electron chi connectivity index (χ3n) is 3.50. The summed E-state index contributed by atoms with van der Waals surface area (Å²) in [5.74, 6) is 0. The fourth-order valence-corrected chi connectivity index (χ4v) is 2.38. The Balaban J connectivity index is 1.81. The van der Waals surface area contributed by atoms with Gasteiger partial charge in [-0.3, -0.25) is 9.98 Å². The summed E-state index contributed by atoms with van der Waals surface area (Å²) in [5.41, 5.74) is 16.3. The first-order valence-electron chi connectivity index (χ1n) is 7.34. The van der Waals surface area contributed by atoms with Crippen LogP contribution in [0.4, 0.5) is 5.69 Å². The number of nitrogen functional groups attached to an aromatic ring is 1. The Morgan fingerprint density at radius 1 is 1.12 bits per heavy atom. The number of allylic oxidation sites excluding steroid dienone is 1. The van der Waals surface area contributed by atoms with Gasteiger partial charge in [0.25, 0.3) is 0 Å². The maximum atomic E-state index is 5.93. The van der Waals surface area contributed by atoms with Crippen LogP contribution in [0.15, 0.2) is 59.9 Å². The maximum absolute atomic E-state index is 5.93. The molecule has 5 nitrogen and oxygen atoms in total. The van der Waals surface area contributed by atoms with Crippen LogP contribution in [0.5, 0.6) is 0 Å². The summed E-state index contributed by atoms with van der Waals surface area (Å²) in [6.07, 6.45) is 4.97. The predicted octanol–water partition coefficient (Wildman–Crippen LogP) is 3.44. The van der Waals surface area contributed by atoms with Crippen LogP contribution >= 0.6 is 11.6 Å². The van der Waals surface area contributed by atoms with Crippen LogP contribution in [0.25, 0.3) is 16.6 Å². The maximum Gasteiger partial charge on any atom is 0.129 e. The van der Waals surface area contributed by atoms with Gasteiger partial charge in [-0.1, -0.05) is 23.7 Å². The highest BCUT2D eigenvalue weighted by atomic mass is 35.5. The predicted molar refractivity (Wildman–Crippen MR) is 99.8 cm³/mol. The monoisotopic (exact) mass is 337 g/mol. The number of anilines is 1. The molecule has 24 heavy (non-hydrogen) atoms. The van der Waals surface area contributed by atoms with E-state index >= 15 is 0 Å². The van der Waals surface area contributed by atoms with E-state index in [0.29, 0.717) is 17.2 Å². The SMILES string of the molecule is NC=C(C=NCc1ccc(N)cc1)c1cnc2ccc(Cl)nc2c1. The van der Waals surface area contributed by atoms with Crippen molar-refractivity contribution in [3.63, 3.8) is 0 Å². The minimum absolute atomic E-state index is 0.428. The molecule has 0 saturated heterocycles. The van der Waals surface area contributed by atoms with Crippen molar-refractivity contribution in [3.8, 4) is 0 Å². The molecule has 0 amide bonds. The van der Waals surface area contributed by atoms with Gasteiger partial charge >= 0.3 is 0 Å². The van der Waals surface area contributed by atoms with Crippen LogP contribution in [0.3, 0.4) is 0 Å². The topological polar surface area (TPSA) is 90.2 Å². The van der Waals surface area contributed by atoms with Crippen molar-refractivity contribution in [1.82, 2.24) is 9.97 Å². The second-order valence-electron chi connectivity index (χ2n) is 5.23. The number of fused-ring (bicyclic) bond motifs is 1. The molecule has 0 aliphatic rings. The summed E-state index contributed by atoms with van der Waals surface area (Å²) in [5, 5.41) is 0.428. The lowest BCUT2D eigenvalue weighted by Crippen LogP contribution is -1.95. The van der Waals surface area contributed by atoms with Gasteiger partial charge in [-0.15, -0.1) is 0 Å². The number of hydrogen-bond acceptors (Lipinski definition) is 5. The Morgan fingerprint density at radius 3 is 2.67 bits per heavy atom. The first-order valence-corrected chi connectivity index (χ1v) is 7.72. The van der Waals surface area contributed by atoms with Crippen LogP contribution in [0.2, 0.25) is 5.15 Å². The van der Waals surface area contributed by atoms with Crippen molar-refractivity contribution in [2.75, 3.05) is 5.73 Å². The van der Waals surface area contributed by atoms with Gasteiger partial charge in [-0.2, -0.15) is 0 Å². The Bertz CT molecular complexity index is 916. The summed E-state index contributed by atoms with van der Waals surface area (Å²) in [7, 11) is 0. The molecule has 2 aromatic heterocycles. The molecule has 120 valence electrons. The Morgan fingerprint density at radius 2 is 1.92 bits per heavy atom. The third kappa shape index (κ3) is 3.70. The van der Waals surface area contributed by atoms with Crippen molar-refractivity contribution in [2.45, 2.75) is 6.54 Å². The average molecular weight is 338 g/mol. The van der Waals surface area contributed by atoms with E-state index in [1.807, 2.05) is 36.4 Å². The molecule has 0 saturated carbocycles. The molecule has 0 radical (unpaired) electrons. The third-order valence-corrected chi connectivity index (χ3v) is 3.71. The molecule has 0 atom stereocenters. The molecule has 2 heterocycles. The zero-order chi connectivity index (χ0) is 16.9. The number of aliphatic imine (C=N–C) groups is 1. The standard InChI is InChI=1S/C18H16ClN5/c19-18-6-5-16-17(24-18)7-13(11-23-16)14(8-20)10-22-9-12-1-3-15(21)4-2-12/h1-8,10-11H,9,20-21H2. The van der Waals surface area contributed by atoms with Gasteiger partial charge in [-0.25, -0.2) is 4.98 Å². The molecule has 0 aliphatic carbocycles. The fourth-order valence-electron chi connectivity index (χ4n) is 2.23. The molecule has 0 spiro atoms. The molecular formula is C18H16ClN5. The largest absolute Gasteiger partial charge is 0.404 e. The van der Waals surface area contributed by atoms with Crippen molar-refractivity contribution in [3.05, 3.63) is 71.1 Å². The van der Waals surface area contributed by atoms with Crippen LogP contribution in [0, 0.1) is 0 Å². The van der Waals surface area contributed by atoms with Gasteiger partial charge in [-0.05, 0) is 35.9 Å². The van der Waals surface area contributed by atoms with E-state index in [9.17, 15) is 0 Å². The highest BCUT2D eigenvalue weighted by molar-refractivity contribution is 6.29. The van der Waals surface area contributed by atoms with E-state index in [1.54, 1.807) is 18.5 Å². The van der Waals surface area contributed by atoms with Crippen LogP contribution in [0.1, 0.15) is 11.1 Å². The lowest BCUT2D eigenvalue weighted by atomic mass is 10.1. The van der Waals surface area contributed by atoms with Crippen molar-refractivity contribution in [1.29, 1.82) is 0 Å². The van der Waals surface area contributed by atoms with E-state index in [4.69, 9.17) is 23.1 Å². The number of halogens is 1. The minimum Gasteiger partial charge on any atom is -0.404 e. The van der Waals surface area contributed by atoms with Crippen molar-refractivity contribution >= 4 is 40.1 Å². The molecule has 1 aromatic carbocycles. The molecule has 4 N–H and O–H groups in total. The number of hydrogen-bond donors (Lipinski definition) is 2. The van der Waals surface area contributed by atoms with E-state index in [1.165, 1.54) is 6.20 Å². The summed E-state index contributed by atoms with van der Waals surface area (Å²) >= 11 is 5.93. The van der Waals surface area contributed by atoms with Gasteiger partial charge in [0.1, 0.15) is 5.15 Å². The Kier molecular flexibility index (Phi) is 4.72. The summed E-state index contributed by atoms with van der Waals surface area (Å²) in [6, 6.07) is 13.0. The average Bonchev–Trinajstić information content (AvgIpc) is 2.59. The first-order chi connectivity index (χ1) is 11.7. The number of rotatable bonds is 4. The molecule has 0 bridgehead atoms. The molecule has 0 aliphatic heterocycles. The first kappa shape index (κ1) is 16.0. The lowest BCUT2D eigenvalue weighted by molar-refractivity contribution is 1.08. The number of aromatic nitrogens is 2. The highest BCUT2D eigenvalue weighted by Gasteiger charge is 2.03. The Labute approximate surface area is 144 Å². The summed E-state index contributed by atoms with van der Waals surface area (Å²) in [6.45, 7) is 0.544. The van der Waals surface area contributed by atoms with Gasteiger partial charge in [0.15, 0.2) is 0 Å². The van der Waals surface area contributed by atoms with E-state index < -0.39 is 0 Å². The number of pyridine rings is 2. The second-order valence-corrected chi connectivity index (χ2v) is 5.62. The quantitative estimate of drug-likeness (QED) is 0.433. The normalized spacial score (nSPS) is 12.1. The number of nitrogens with two attached hydrogens (primary N) is 2. The molecule has 3 aromatic rings. The number of benzene rings is 1. The second kappa shape index (κ2) is 7.10. The minimum atomic E-state index is 0.428.